The van der Waals surface area contributed by atoms with Crippen molar-refractivity contribution in [3.63, 3.8) is 0 Å². The van der Waals surface area contributed by atoms with E-state index in [4.69, 9.17) is 0 Å². The van der Waals surface area contributed by atoms with Crippen LogP contribution in [-0.2, 0) is 20.0 Å². The zero-order chi connectivity index (χ0) is 15.6. The van der Waals surface area contributed by atoms with E-state index in [0.717, 1.165) is 12.8 Å². The Kier molecular flexibility index (Phi) is 4.59. The molecule has 2 heterocycles. The first-order chi connectivity index (χ1) is 10.5. The van der Waals surface area contributed by atoms with Crippen molar-refractivity contribution in [3.05, 3.63) is 22.4 Å². The smallest absolute Gasteiger partial charge is 0.224 e. The van der Waals surface area contributed by atoms with Crippen LogP contribution in [0.25, 0.3) is 0 Å². The summed E-state index contributed by atoms with van der Waals surface area (Å²) in [7, 11) is -3.00. The third-order valence-corrected chi connectivity index (χ3v) is 7.94. The van der Waals surface area contributed by atoms with E-state index in [2.05, 4.69) is 22.8 Å². The molecule has 1 atom stereocenters. The Morgan fingerprint density at radius 1 is 1.32 bits per heavy atom. The number of carbonyl (C=O) groups is 1. The molecule has 1 saturated carbocycles. The summed E-state index contributed by atoms with van der Waals surface area (Å²) in [6.45, 7) is 0.642. The Balaban J connectivity index is 1.66. The molecule has 2 fully saturated rings. The molecule has 122 valence electrons. The molecule has 1 aromatic rings. The quantitative estimate of drug-likeness (QED) is 0.915. The van der Waals surface area contributed by atoms with Gasteiger partial charge in [0.05, 0.1) is 17.4 Å². The van der Waals surface area contributed by atoms with Gasteiger partial charge in [0.2, 0.25) is 5.91 Å². The van der Waals surface area contributed by atoms with Crippen molar-refractivity contribution >= 4 is 27.1 Å². The Morgan fingerprint density at radius 2 is 2.09 bits per heavy atom. The molecule has 1 aliphatic heterocycles. The zero-order valence-corrected chi connectivity index (χ0v) is 14.3. The second-order valence-corrected chi connectivity index (χ2v) is 9.81. The standard InChI is InChI=1S/C16H23NO3S2/c18-15(13-6-10-22(19,20)11-13)17-12-16(7-2-1-3-8-16)14-5-4-9-21-14/h4-5,9,13H,1-3,6-8,10-12H2,(H,17,18)/t13-/m1/s1. The van der Waals surface area contributed by atoms with Gasteiger partial charge in [0, 0.05) is 16.8 Å². The van der Waals surface area contributed by atoms with E-state index in [0.29, 0.717) is 13.0 Å². The van der Waals surface area contributed by atoms with E-state index in [1.165, 1.54) is 24.1 Å². The van der Waals surface area contributed by atoms with Crippen molar-refractivity contribution in [1.29, 1.82) is 0 Å². The fourth-order valence-corrected chi connectivity index (χ4v) is 6.45. The maximum atomic E-state index is 12.3. The highest BCUT2D eigenvalue weighted by atomic mass is 32.2. The molecule has 0 radical (unpaired) electrons. The highest BCUT2D eigenvalue weighted by Crippen LogP contribution is 2.41. The summed E-state index contributed by atoms with van der Waals surface area (Å²) in [6.07, 6.45) is 6.35. The number of hydrogen-bond donors (Lipinski definition) is 1. The molecule has 1 aliphatic carbocycles. The molecule has 4 nitrogen and oxygen atoms in total. The molecule has 0 bridgehead atoms. The van der Waals surface area contributed by atoms with E-state index in [1.807, 2.05) is 0 Å². The van der Waals surface area contributed by atoms with E-state index in [-0.39, 0.29) is 28.7 Å². The number of thiophene rings is 1. The first-order valence-corrected chi connectivity index (χ1v) is 10.7. The van der Waals surface area contributed by atoms with Crippen LogP contribution in [0.15, 0.2) is 17.5 Å². The number of rotatable bonds is 4. The van der Waals surface area contributed by atoms with E-state index in [1.54, 1.807) is 11.3 Å². The van der Waals surface area contributed by atoms with Crippen LogP contribution in [0.5, 0.6) is 0 Å². The predicted molar refractivity (Wildman–Crippen MR) is 88.9 cm³/mol. The van der Waals surface area contributed by atoms with Crippen LogP contribution in [0, 0.1) is 5.92 Å². The maximum Gasteiger partial charge on any atom is 0.224 e. The van der Waals surface area contributed by atoms with Crippen LogP contribution < -0.4 is 5.32 Å². The van der Waals surface area contributed by atoms with Crippen molar-refractivity contribution in [2.45, 2.75) is 43.9 Å². The van der Waals surface area contributed by atoms with Crippen molar-refractivity contribution < 1.29 is 13.2 Å². The Bertz CT molecular complexity index is 616. The van der Waals surface area contributed by atoms with Gasteiger partial charge in [-0.2, -0.15) is 0 Å². The maximum absolute atomic E-state index is 12.3. The first kappa shape index (κ1) is 16.0. The lowest BCUT2D eigenvalue weighted by Crippen LogP contribution is -2.43. The summed E-state index contributed by atoms with van der Waals surface area (Å²) in [4.78, 5) is 13.7. The van der Waals surface area contributed by atoms with Crippen LogP contribution in [0.4, 0.5) is 0 Å². The fraction of sp³-hybridized carbons (Fsp3) is 0.688. The molecule has 6 heteroatoms. The van der Waals surface area contributed by atoms with Gasteiger partial charge in [-0.25, -0.2) is 8.42 Å². The van der Waals surface area contributed by atoms with E-state index in [9.17, 15) is 13.2 Å². The molecule has 0 spiro atoms. The first-order valence-electron chi connectivity index (χ1n) is 8.03. The molecule has 0 aromatic carbocycles. The summed E-state index contributed by atoms with van der Waals surface area (Å²) < 4.78 is 23.0. The van der Waals surface area contributed by atoms with Gasteiger partial charge in [-0.1, -0.05) is 25.3 Å². The van der Waals surface area contributed by atoms with Gasteiger partial charge in [-0.3, -0.25) is 4.79 Å². The molecule has 2 aliphatic rings. The highest BCUT2D eigenvalue weighted by Gasteiger charge is 2.37. The van der Waals surface area contributed by atoms with E-state index < -0.39 is 9.84 Å². The predicted octanol–water partition coefficient (Wildman–Crippen LogP) is 2.50. The van der Waals surface area contributed by atoms with Crippen LogP contribution in [0.3, 0.4) is 0 Å². The summed E-state index contributed by atoms with van der Waals surface area (Å²) in [6, 6.07) is 4.24. The Morgan fingerprint density at radius 3 is 2.68 bits per heavy atom. The highest BCUT2D eigenvalue weighted by molar-refractivity contribution is 7.91. The summed E-state index contributed by atoms with van der Waals surface area (Å²) in [5.41, 5.74) is 0.0551. The summed E-state index contributed by atoms with van der Waals surface area (Å²) in [5.74, 6) is -0.261. The normalized spacial score (nSPS) is 26.6. The molecular formula is C16H23NO3S2. The molecule has 22 heavy (non-hydrogen) atoms. The summed E-state index contributed by atoms with van der Waals surface area (Å²) in [5, 5.41) is 5.16. The number of amides is 1. The minimum Gasteiger partial charge on any atom is -0.355 e. The Hall–Kier alpha value is -0.880. The second kappa shape index (κ2) is 6.32. The number of sulfone groups is 1. The van der Waals surface area contributed by atoms with E-state index >= 15 is 0 Å². The lowest BCUT2D eigenvalue weighted by atomic mass is 9.73. The van der Waals surface area contributed by atoms with Gasteiger partial charge >= 0.3 is 0 Å². The van der Waals surface area contributed by atoms with Gasteiger partial charge in [-0.15, -0.1) is 11.3 Å². The second-order valence-electron chi connectivity index (χ2n) is 6.64. The largest absolute Gasteiger partial charge is 0.355 e. The minimum atomic E-state index is -3.00. The minimum absolute atomic E-state index is 0.0187. The monoisotopic (exact) mass is 341 g/mol. The molecule has 3 rings (SSSR count). The van der Waals surface area contributed by atoms with Gasteiger partial charge in [0.15, 0.2) is 9.84 Å². The van der Waals surface area contributed by atoms with Crippen molar-refractivity contribution in [2.24, 2.45) is 5.92 Å². The van der Waals surface area contributed by atoms with Crippen molar-refractivity contribution in [3.8, 4) is 0 Å². The van der Waals surface area contributed by atoms with Gasteiger partial charge in [0.25, 0.3) is 0 Å². The molecule has 1 aromatic heterocycles. The topological polar surface area (TPSA) is 63.2 Å². The third-order valence-electron chi connectivity index (χ3n) is 5.06. The molecule has 0 unspecified atom stereocenters. The van der Waals surface area contributed by atoms with Gasteiger partial charge < -0.3 is 5.32 Å². The molecule has 1 N–H and O–H groups in total. The van der Waals surface area contributed by atoms with Crippen LogP contribution in [0.2, 0.25) is 0 Å². The molecule has 1 saturated heterocycles. The van der Waals surface area contributed by atoms with Gasteiger partial charge in [0.1, 0.15) is 0 Å². The number of hydrogen-bond acceptors (Lipinski definition) is 4. The number of carbonyl (C=O) groups excluding carboxylic acids is 1. The summed E-state index contributed by atoms with van der Waals surface area (Å²) >= 11 is 1.76. The van der Waals surface area contributed by atoms with Crippen LogP contribution in [0.1, 0.15) is 43.4 Å². The third kappa shape index (κ3) is 3.38. The average molecular weight is 341 g/mol. The van der Waals surface area contributed by atoms with Crippen LogP contribution >= 0.6 is 11.3 Å². The van der Waals surface area contributed by atoms with Crippen molar-refractivity contribution in [2.75, 3.05) is 18.1 Å². The fourth-order valence-electron chi connectivity index (χ4n) is 3.72. The van der Waals surface area contributed by atoms with Crippen molar-refractivity contribution in [1.82, 2.24) is 5.32 Å². The number of nitrogens with one attached hydrogen (secondary N) is 1. The lowest BCUT2D eigenvalue weighted by molar-refractivity contribution is -0.124. The average Bonchev–Trinajstić information content (AvgIpc) is 3.15. The zero-order valence-electron chi connectivity index (χ0n) is 12.7. The molecular weight excluding hydrogens is 318 g/mol. The Labute approximate surface area is 136 Å². The SMILES string of the molecule is O=C(NCC1(c2cccs2)CCCCC1)[C@@H]1CCS(=O)(=O)C1. The molecule has 1 amide bonds. The van der Waals surface area contributed by atoms with Gasteiger partial charge in [-0.05, 0) is 30.7 Å². The lowest BCUT2D eigenvalue weighted by Gasteiger charge is -2.37. The van der Waals surface area contributed by atoms with Crippen LogP contribution in [-0.4, -0.2) is 32.4 Å².